The number of piperidine rings is 1. The van der Waals surface area contributed by atoms with Gasteiger partial charge in [-0.3, -0.25) is 14.5 Å². The molecule has 1 saturated heterocycles. The van der Waals surface area contributed by atoms with Crippen LogP contribution in [0.5, 0.6) is 0 Å². The average molecular weight is 1100 g/mol. The van der Waals surface area contributed by atoms with Gasteiger partial charge in [-0.25, -0.2) is 4.79 Å². The second-order valence-electron chi connectivity index (χ2n) is 24.4. The number of fused-ring (bicyclic) bond motifs is 2. The van der Waals surface area contributed by atoms with Crippen LogP contribution >= 0.6 is 0 Å². The molecule has 1 aromatic rings. The standard InChI is InChI=1S/C67H103NO11/c1-7-10-12-14-16-18-20-22-24-26-28-30-32-34-39-43-56(69)77-54-46-55(75-5)66-52-47-65(73)61(78-63(72)50-41-37-36-38-42-50)58(52)67(60(71)62(65)76-6,51-45-53(66)64(54,49-74-4)48-68(9-3)59(51)66)79-57(70)44-40-35-33-31-29-27-25-23-21-19-17-15-13-11-8-2/h16-19,22-25,36-38,41-42,51-55,58-62,71,73H,7-15,20-21,26-35,39-40,43-49H2,1-6H3/b18-16-,19-17-,24-22-,25-23-/t51-,52+,53+,54+,55-,58+,59+,60-,61+,62-,64+,65+,66+,67-/m0/s1. The molecule has 14 atom stereocenters. The van der Waals surface area contributed by atoms with E-state index in [2.05, 4.69) is 74.3 Å². The van der Waals surface area contributed by atoms with Crippen molar-refractivity contribution in [3.8, 4) is 0 Å². The highest BCUT2D eigenvalue weighted by atomic mass is 16.6. The number of rotatable bonds is 37. The molecule has 0 aromatic heterocycles. The van der Waals surface area contributed by atoms with Gasteiger partial charge in [-0.1, -0.05) is 152 Å². The summed E-state index contributed by atoms with van der Waals surface area (Å²) in [6.45, 7) is 8.10. The van der Waals surface area contributed by atoms with Gasteiger partial charge in [0.15, 0.2) is 5.60 Å². The minimum atomic E-state index is -1.85. The largest absolute Gasteiger partial charge is 0.462 e. The Balaban J connectivity index is 1.08. The molecule has 1 aliphatic heterocycles. The van der Waals surface area contributed by atoms with Gasteiger partial charge in [0.1, 0.15) is 30.0 Å². The van der Waals surface area contributed by atoms with Crippen molar-refractivity contribution in [2.45, 2.75) is 242 Å². The Morgan fingerprint density at radius 2 is 1.19 bits per heavy atom. The van der Waals surface area contributed by atoms with Gasteiger partial charge in [0.05, 0.1) is 18.3 Å². The van der Waals surface area contributed by atoms with Crippen molar-refractivity contribution in [2.24, 2.45) is 34.5 Å². The summed E-state index contributed by atoms with van der Waals surface area (Å²) >= 11 is 0. The quantitative estimate of drug-likeness (QED) is 0.0282. The van der Waals surface area contributed by atoms with Crippen LogP contribution in [0.3, 0.4) is 0 Å². The van der Waals surface area contributed by atoms with Crippen LogP contribution < -0.4 is 0 Å². The molecule has 12 heteroatoms. The van der Waals surface area contributed by atoms with Gasteiger partial charge >= 0.3 is 17.9 Å². The van der Waals surface area contributed by atoms with E-state index in [0.717, 1.165) is 89.9 Å². The number of nitrogens with zero attached hydrogens (tertiary/aromatic N) is 1. The first kappa shape index (κ1) is 62.9. The van der Waals surface area contributed by atoms with Gasteiger partial charge in [-0.2, -0.15) is 0 Å². The molecule has 5 aliphatic carbocycles. The third-order valence-corrected chi connectivity index (χ3v) is 19.8. The second kappa shape index (κ2) is 30.6. The van der Waals surface area contributed by atoms with Gasteiger partial charge in [-0.05, 0) is 120 Å². The molecule has 442 valence electrons. The first-order valence-corrected chi connectivity index (χ1v) is 31.5. The normalized spacial score (nSPS) is 33.4. The van der Waals surface area contributed by atoms with Crippen LogP contribution in [0.15, 0.2) is 78.9 Å². The van der Waals surface area contributed by atoms with Gasteiger partial charge in [-0.15, -0.1) is 0 Å². The van der Waals surface area contributed by atoms with Crippen LogP contribution in [-0.4, -0.2) is 122 Å². The fraction of sp³-hybridized carbons (Fsp3) is 0.746. The maximum Gasteiger partial charge on any atom is 0.338 e. The van der Waals surface area contributed by atoms with Crippen molar-refractivity contribution in [1.82, 2.24) is 4.90 Å². The van der Waals surface area contributed by atoms with Crippen molar-refractivity contribution in [1.29, 1.82) is 0 Å². The number of hydrogen-bond acceptors (Lipinski definition) is 12. The monoisotopic (exact) mass is 1100 g/mol. The van der Waals surface area contributed by atoms with Crippen LogP contribution in [0.4, 0.5) is 0 Å². The Morgan fingerprint density at radius 1 is 0.633 bits per heavy atom. The van der Waals surface area contributed by atoms with E-state index in [1.807, 2.05) is 6.07 Å². The van der Waals surface area contributed by atoms with E-state index >= 15 is 0 Å². The summed E-state index contributed by atoms with van der Waals surface area (Å²) in [5.74, 6) is -3.21. The molecule has 0 radical (unpaired) electrons. The lowest BCUT2D eigenvalue weighted by molar-refractivity contribution is -0.323. The highest BCUT2D eigenvalue weighted by Gasteiger charge is 2.90. The minimum Gasteiger partial charge on any atom is -0.462 e. The molecular weight excluding hydrogens is 995 g/mol. The minimum absolute atomic E-state index is 0.113. The summed E-state index contributed by atoms with van der Waals surface area (Å²) in [5, 5.41) is 26.5. The van der Waals surface area contributed by atoms with Crippen LogP contribution in [-0.2, 0) is 38.0 Å². The van der Waals surface area contributed by atoms with Crippen LogP contribution in [0.1, 0.15) is 204 Å². The zero-order chi connectivity index (χ0) is 56.3. The van der Waals surface area contributed by atoms with E-state index in [0.29, 0.717) is 50.9 Å². The maximum absolute atomic E-state index is 14.8. The number of likely N-dealkylation sites (tertiary alicyclic amines) is 1. The summed E-state index contributed by atoms with van der Waals surface area (Å²) in [5.41, 5.74) is -4.54. The van der Waals surface area contributed by atoms with E-state index in [9.17, 15) is 24.6 Å². The second-order valence-corrected chi connectivity index (χ2v) is 24.4. The zero-order valence-electron chi connectivity index (χ0n) is 49.5. The number of carbonyl (C=O) groups is 3. The number of benzene rings is 1. The van der Waals surface area contributed by atoms with Crippen molar-refractivity contribution < 1.29 is 53.0 Å². The van der Waals surface area contributed by atoms with Crippen molar-refractivity contribution in [3.63, 3.8) is 0 Å². The van der Waals surface area contributed by atoms with E-state index < -0.39 is 82.2 Å². The third-order valence-electron chi connectivity index (χ3n) is 19.8. The van der Waals surface area contributed by atoms with E-state index in [1.165, 1.54) is 52.1 Å². The molecule has 1 aromatic carbocycles. The smallest absolute Gasteiger partial charge is 0.338 e. The van der Waals surface area contributed by atoms with Gasteiger partial charge in [0, 0.05) is 75.8 Å². The number of methoxy groups -OCH3 is 3. The number of ether oxygens (including phenoxy) is 6. The Bertz CT molecular complexity index is 2160. The fourth-order valence-electron chi connectivity index (χ4n) is 16.5. The van der Waals surface area contributed by atoms with E-state index in [1.54, 1.807) is 38.5 Å². The van der Waals surface area contributed by atoms with E-state index in [-0.39, 0.29) is 30.8 Å². The summed E-state index contributed by atoms with van der Waals surface area (Å²) in [4.78, 5) is 45.7. The predicted molar refractivity (Wildman–Crippen MR) is 311 cm³/mol. The molecule has 7 bridgehead atoms. The number of carbonyl (C=O) groups excluding carboxylic acids is 3. The number of esters is 3. The van der Waals surface area contributed by atoms with Crippen LogP contribution in [0.25, 0.3) is 0 Å². The Hall–Kier alpha value is -3.65. The van der Waals surface area contributed by atoms with E-state index in [4.69, 9.17) is 28.4 Å². The fourth-order valence-corrected chi connectivity index (χ4v) is 16.5. The summed E-state index contributed by atoms with van der Waals surface area (Å²) in [6, 6.07) is 8.49. The molecule has 12 nitrogen and oxygen atoms in total. The summed E-state index contributed by atoms with van der Waals surface area (Å²) in [7, 11) is 4.90. The molecule has 7 rings (SSSR count). The topological polar surface area (TPSA) is 150 Å². The number of aliphatic hydroxyl groups excluding tert-OH is 1. The summed E-state index contributed by atoms with van der Waals surface area (Å²) in [6.07, 6.45) is 38.5. The predicted octanol–water partition coefficient (Wildman–Crippen LogP) is 13.2. The van der Waals surface area contributed by atoms with Gasteiger partial charge in [0.25, 0.3) is 0 Å². The first-order chi connectivity index (χ1) is 38.5. The van der Waals surface area contributed by atoms with Crippen molar-refractivity contribution in [2.75, 3.05) is 41.0 Å². The number of aliphatic hydroxyl groups is 2. The molecule has 2 N–H and O–H groups in total. The molecule has 6 fully saturated rings. The lowest BCUT2D eigenvalue weighted by Gasteiger charge is -2.70. The Morgan fingerprint density at radius 3 is 1.73 bits per heavy atom. The summed E-state index contributed by atoms with van der Waals surface area (Å²) < 4.78 is 39.6. The number of allylic oxidation sites excluding steroid dienone is 8. The molecule has 79 heavy (non-hydrogen) atoms. The highest BCUT2D eigenvalue weighted by molar-refractivity contribution is 5.89. The molecule has 0 unspecified atom stereocenters. The van der Waals surface area contributed by atoms with Crippen molar-refractivity contribution in [3.05, 3.63) is 84.5 Å². The molecule has 5 saturated carbocycles. The zero-order valence-corrected chi connectivity index (χ0v) is 49.5. The van der Waals surface area contributed by atoms with Gasteiger partial charge < -0.3 is 38.6 Å². The van der Waals surface area contributed by atoms with Gasteiger partial charge in [0.2, 0.25) is 0 Å². The highest BCUT2D eigenvalue weighted by Crippen LogP contribution is 2.80. The molecule has 1 spiro atoms. The first-order valence-electron chi connectivity index (χ1n) is 31.5. The Kier molecular flexibility index (Phi) is 24.4. The molecule has 6 aliphatic rings. The SMILES string of the molecule is CCCCC/C=C\C/C=C\CCCCCCCC(=O)O[C@@H]1C[C@H](OC)[C@@]23[C@@H]4C[C@@]5(O)[C@H](OC(=O)c6ccccc6)[C@@H]4[C@](OC(=O)CCCCCCC/C=C\C/C=C\CCCCC)([C@@H](O)[C@@H]5OC)[C@H]4C[C@@H]2[C@]1(COC)CN(CC)[C@H]43. The maximum atomic E-state index is 14.8. The lowest BCUT2D eigenvalue weighted by Crippen LogP contribution is -2.81. The lowest BCUT2D eigenvalue weighted by atomic mass is 9.42. The number of unbranched alkanes of at least 4 members (excludes halogenated alkanes) is 16. The van der Waals surface area contributed by atoms with Crippen LogP contribution in [0.2, 0.25) is 0 Å². The van der Waals surface area contributed by atoms with Crippen LogP contribution in [0, 0.1) is 34.5 Å². The third kappa shape index (κ3) is 13.6. The molecule has 0 amide bonds. The Labute approximate surface area is 475 Å². The molecular formula is C67H103NO11. The van der Waals surface area contributed by atoms with Crippen molar-refractivity contribution >= 4 is 17.9 Å². The number of hydrogen-bond donors (Lipinski definition) is 2. The molecule has 1 heterocycles. The average Bonchev–Trinajstić information content (AvgIpc) is 1.58.